The molecular formula is C17H19N5O2. The maximum Gasteiger partial charge on any atom is 0.254 e. The van der Waals surface area contributed by atoms with Gasteiger partial charge in [-0.1, -0.05) is 0 Å². The molecule has 24 heavy (non-hydrogen) atoms. The van der Waals surface area contributed by atoms with E-state index in [-0.39, 0.29) is 11.9 Å². The minimum atomic E-state index is 0.0208. The Kier molecular flexibility index (Phi) is 3.57. The van der Waals surface area contributed by atoms with E-state index in [1.54, 1.807) is 7.11 Å². The number of nitrogens with one attached hydrogen (secondary N) is 1. The van der Waals surface area contributed by atoms with Crippen molar-refractivity contribution in [1.82, 2.24) is 24.6 Å². The van der Waals surface area contributed by atoms with Crippen LogP contribution in [0.5, 0.6) is 0 Å². The summed E-state index contributed by atoms with van der Waals surface area (Å²) >= 11 is 0. The number of aromatic nitrogens is 4. The Labute approximate surface area is 139 Å². The number of aromatic amines is 1. The zero-order chi connectivity index (χ0) is 16.7. The van der Waals surface area contributed by atoms with Crippen LogP contribution >= 0.6 is 0 Å². The summed E-state index contributed by atoms with van der Waals surface area (Å²) in [5.74, 6) is 1.63. The van der Waals surface area contributed by atoms with E-state index in [1.165, 1.54) is 0 Å². The molecule has 124 valence electrons. The first-order valence-corrected chi connectivity index (χ1v) is 7.95. The lowest BCUT2D eigenvalue weighted by Crippen LogP contribution is -2.40. The highest BCUT2D eigenvalue weighted by Gasteiger charge is 2.29. The average Bonchev–Trinajstić information content (AvgIpc) is 3.20. The molecule has 0 unspecified atom stereocenters. The molecule has 1 aliphatic heterocycles. The van der Waals surface area contributed by atoms with E-state index in [4.69, 9.17) is 4.74 Å². The number of rotatable bonds is 3. The van der Waals surface area contributed by atoms with E-state index in [1.807, 2.05) is 35.4 Å². The lowest BCUT2D eigenvalue weighted by Gasteiger charge is -2.32. The van der Waals surface area contributed by atoms with Crippen LogP contribution < -0.4 is 0 Å². The first-order chi connectivity index (χ1) is 11.7. The van der Waals surface area contributed by atoms with Crippen molar-refractivity contribution in [2.75, 3.05) is 13.7 Å². The van der Waals surface area contributed by atoms with Crippen molar-refractivity contribution in [1.29, 1.82) is 0 Å². The molecule has 0 saturated heterocycles. The van der Waals surface area contributed by atoms with Crippen molar-refractivity contribution < 1.29 is 9.53 Å². The van der Waals surface area contributed by atoms with Gasteiger partial charge in [-0.3, -0.25) is 4.79 Å². The van der Waals surface area contributed by atoms with Crippen LogP contribution in [0.3, 0.4) is 0 Å². The minimum absolute atomic E-state index is 0.0208. The third kappa shape index (κ3) is 2.37. The number of carbonyl (C=O) groups excluding carboxylic acids is 1. The second-order valence-corrected chi connectivity index (χ2v) is 6.15. The molecule has 4 rings (SSSR count). The quantitative estimate of drug-likeness (QED) is 0.800. The van der Waals surface area contributed by atoms with Gasteiger partial charge in [0.15, 0.2) is 11.6 Å². The van der Waals surface area contributed by atoms with Crippen molar-refractivity contribution >= 4 is 16.8 Å². The summed E-state index contributed by atoms with van der Waals surface area (Å²) in [4.78, 5) is 17.9. The summed E-state index contributed by atoms with van der Waals surface area (Å²) in [6, 6.07) is 7.82. The normalized spacial score (nSPS) is 17.2. The molecule has 1 aromatic carbocycles. The van der Waals surface area contributed by atoms with E-state index in [9.17, 15) is 4.79 Å². The van der Waals surface area contributed by atoms with Crippen LogP contribution in [0.4, 0.5) is 0 Å². The number of ether oxygens (including phenoxy) is 1. The van der Waals surface area contributed by atoms with E-state index in [2.05, 4.69) is 26.7 Å². The molecule has 1 aliphatic rings. The molecule has 1 amide bonds. The molecule has 0 saturated carbocycles. The maximum atomic E-state index is 12.9. The van der Waals surface area contributed by atoms with Crippen LogP contribution in [-0.2, 0) is 17.9 Å². The lowest BCUT2D eigenvalue weighted by molar-refractivity contribution is 0.0675. The SMILES string of the molecule is COCc1nnc2n1[C@@H](C)CN(C(=O)c1ccc3[nH]ccc3c1)C2. The van der Waals surface area contributed by atoms with E-state index in [0.717, 1.165) is 22.6 Å². The van der Waals surface area contributed by atoms with Gasteiger partial charge in [-0.2, -0.15) is 0 Å². The number of carbonyl (C=O) groups is 1. The van der Waals surface area contributed by atoms with Gasteiger partial charge in [0.05, 0.1) is 12.6 Å². The molecule has 0 radical (unpaired) electrons. The molecule has 0 aliphatic carbocycles. The minimum Gasteiger partial charge on any atom is -0.377 e. The molecule has 0 bridgehead atoms. The summed E-state index contributed by atoms with van der Waals surface area (Å²) < 4.78 is 7.24. The smallest absolute Gasteiger partial charge is 0.254 e. The van der Waals surface area contributed by atoms with Gasteiger partial charge < -0.3 is 19.2 Å². The van der Waals surface area contributed by atoms with Crippen molar-refractivity contribution in [3.8, 4) is 0 Å². The zero-order valence-corrected chi connectivity index (χ0v) is 13.7. The number of amides is 1. The fraction of sp³-hybridized carbons (Fsp3) is 0.353. The standard InChI is InChI=1S/C17H19N5O2/c1-11-8-21(9-15-19-20-16(10-24-2)22(11)15)17(23)13-3-4-14-12(7-13)5-6-18-14/h3-7,11,18H,8-10H2,1-2H3/t11-/m0/s1. The number of nitrogens with zero attached hydrogens (tertiary/aromatic N) is 4. The summed E-state index contributed by atoms with van der Waals surface area (Å²) in [5.41, 5.74) is 1.72. The largest absolute Gasteiger partial charge is 0.377 e. The Morgan fingerprint density at radius 2 is 2.25 bits per heavy atom. The Bertz CT molecular complexity index is 897. The molecule has 7 heteroatoms. The number of hydrogen-bond acceptors (Lipinski definition) is 4. The summed E-state index contributed by atoms with van der Waals surface area (Å²) in [6.45, 7) is 3.59. The second kappa shape index (κ2) is 5.76. The highest BCUT2D eigenvalue weighted by atomic mass is 16.5. The topological polar surface area (TPSA) is 76.0 Å². The van der Waals surface area contributed by atoms with Gasteiger partial charge in [0.25, 0.3) is 5.91 Å². The molecule has 3 aromatic rings. The lowest BCUT2D eigenvalue weighted by atomic mass is 10.1. The van der Waals surface area contributed by atoms with Crippen molar-refractivity contribution in [3.63, 3.8) is 0 Å². The van der Waals surface area contributed by atoms with Gasteiger partial charge in [0.2, 0.25) is 0 Å². The molecule has 1 atom stereocenters. The van der Waals surface area contributed by atoms with E-state index < -0.39 is 0 Å². The molecule has 0 spiro atoms. The Morgan fingerprint density at radius 1 is 1.38 bits per heavy atom. The van der Waals surface area contributed by atoms with Crippen LogP contribution in [-0.4, -0.2) is 44.2 Å². The number of methoxy groups -OCH3 is 1. The van der Waals surface area contributed by atoms with Gasteiger partial charge in [-0.15, -0.1) is 10.2 Å². The summed E-state index contributed by atoms with van der Waals surface area (Å²) in [7, 11) is 1.64. The first kappa shape index (κ1) is 14.9. The molecule has 7 nitrogen and oxygen atoms in total. The maximum absolute atomic E-state index is 12.9. The molecule has 1 N–H and O–H groups in total. The number of benzene rings is 1. The van der Waals surface area contributed by atoms with Crippen molar-refractivity contribution in [3.05, 3.63) is 47.7 Å². The van der Waals surface area contributed by atoms with Gasteiger partial charge in [-0.05, 0) is 31.2 Å². The number of H-pyrrole nitrogens is 1. The van der Waals surface area contributed by atoms with Crippen LogP contribution in [0.15, 0.2) is 30.5 Å². The predicted octanol–water partition coefficient (Wildman–Crippen LogP) is 2.12. The van der Waals surface area contributed by atoms with Crippen LogP contribution in [0.25, 0.3) is 10.9 Å². The third-order valence-corrected chi connectivity index (χ3v) is 4.46. The van der Waals surface area contributed by atoms with Gasteiger partial charge >= 0.3 is 0 Å². The molecule has 3 heterocycles. The van der Waals surface area contributed by atoms with Crippen molar-refractivity contribution in [2.45, 2.75) is 26.1 Å². The molecule has 2 aromatic heterocycles. The number of fused-ring (bicyclic) bond motifs is 2. The van der Waals surface area contributed by atoms with E-state index in [0.29, 0.717) is 25.3 Å². The van der Waals surface area contributed by atoms with Gasteiger partial charge in [0.1, 0.15) is 6.61 Å². The van der Waals surface area contributed by atoms with Gasteiger partial charge in [0, 0.05) is 36.3 Å². The van der Waals surface area contributed by atoms with E-state index >= 15 is 0 Å². The fourth-order valence-electron chi connectivity index (χ4n) is 3.36. The Hall–Kier alpha value is -2.67. The average molecular weight is 325 g/mol. The molecule has 0 fully saturated rings. The monoisotopic (exact) mass is 325 g/mol. The second-order valence-electron chi connectivity index (χ2n) is 6.15. The number of hydrogen-bond donors (Lipinski definition) is 1. The van der Waals surface area contributed by atoms with Crippen molar-refractivity contribution in [2.24, 2.45) is 0 Å². The van der Waals surface area contributed by atoms with Crippen LogP contribution in [0.2, 0.25) is 0 Å². The fourth-order valence-corrected chi connectivity index (χ4v) is 3.36. The third-order valence-electron chi connectivity index (χ3n) is 4.46. The van der Waals surface area contributed by atoms with Crippen LogP contribution in [0.1, 0.15) is 35.0 Å². The summed E-state index contributed by atoms with van der Waals surface area (Å²) in [6.07, 6.45) is 1.88. The predicted molar refractivity (Wildman–Crippen MR) is 88.5 cm³/mol. The first-order valence-electron chi connectivity index (χ1n) is 7.95. The molecular weight excluding hydrogens is 306 g/mol. The summed E-state index contributed by atoms with van der Waals surface area (Å²) in [5, 5.41) is 9.45. The Morgan fingerprint density at radius 3 is 3.08 bits per heavy atom. The Balaban J connectivity index is 1.61. The highest BCUT2D eigenvalue weighted by Crippen LogP contribution is 2.24. The van der Waals surface area contributed by atoms with Crippen LogP contribution in [0, 0.1) is 0 Å². The highest BCUT2D eigenvalue weighted by molar-refractivity contribution is 5.98. The zero-order valence-electron chi connectivity index (χ0n) is 13.7. The van der Waals surface area contributed by atoms with Gasteiger partial charge in [-0.25, -0.2) is 0 Å².